The molecular weight excluding hydrogens is 400 g/mol. The van der Waals surface area contributed by atoms with E-state index in [2.05, 4.69) is 10.4 Å². The Hall–Kier alpha value is -1.90. The van der Waals surface area contributed by atoms with E-state index in [1.54, 1.807) is 18.2 Å². The Morgan fingerprint density at radius 1 is 1.32 bits per heavy atom. The molecular formula is C19H23ClN4O3S. The van der Waals surface area contributed by atoms with E-state index in [1.807, 2.05) is 11.7 Å². The summed E-state index contributed by atoms with van der Waals surface area (Å²) in [6.45, 7) is 0.623. The molecule has 7 nitrogen and oxygen atoms in total. The van der Waals surface area contributed by atoms with E-state index in [0.717, 1.165) is 29.8 Å². The van der Waals surface area contributed by atoms with Gasteiger partial charge in [-0.25, -0.2) is 8.42 Å². The van der Waals surface area contributed by atoms with Crippen LogP contribution in [0, 0.1) is 0 Å². The summed E-state index contributed by atoms with van der Waals surface area (Å²) in [5.74, 6) is 0.0262. The molecule has 1 N–H and O–H groups in total. The van der Waals surface area contributed by atoms with Crippen molar-refractivity contribution >= 4 is 27.5 Å². The Balaban J connectivity index is 1.54. The first-order chi connectivity index (χ1) is 13.4. The molecule has 1 fully saturated rings. The average Bonchev–Trinajstić information content (AvgIpc) is 3.42. The summed E-state index contributed by atoms with van der Waals surface area (Å²) in [7, 11) is -1.83. The summed E-state index contributed by atoms with van der Waals surface area (Å²) in [6, 6.07) is 6.82. The minimum absolute atomic E-state index is 0.0262. The van der Waals surface area contributed by atoms with Gasteiger partial charge in [-0.15, -0.1) is 0 Å². The number of nitrogens with zero attached hydrogens (tertiary/aromatic N) is 3. The van der Waals surface area contributed by atoms with E-state index in [-0.39, 0.29) is 22.4 Å². The van der Waals surface area contributed by atoms with Crippen molar-refractivity contribution in [3.05, 3.63) is 46.2 Å². The Kier molecular flexibility index (Phi) is 5.20. The number of benzene rings is 1. The minimum atomic E-state index is -3.70. The van der Waals surface area contributed by atoms with Crippen LogP contribution in [0.3, 0.4) is 0 Å². The first-order valence-corrected chi connectivity index (χ1v) is 11.3. The first kappa shape index (κ1) is 19.4. The average molecular weight is 423 g/mol. The summed E-state index contributed by atoms with van der Waals surface area (Å²) in [6.07, 6.45) is 3.55. The molecule has 2 heterocycles. The lowest BCUT2D eigenvalue weighted by molar-refractivity contribution is -0.121. The molecule has 0 spiro atoms. The van der Waals surface area contributed by atoms with Gasteiger partial charge in [0, 0.05) is 56.7 Å². The second-order valence-corrected chi connectivity index (χ2v) is 9.67. The zero-order valence-electron chi connectivity index (χ0n) is 15.7. The van der Waals surface area contributed by atoms with Gasteiger partial charge in [0.1, 0.15) is 4.90 Å². The molecule has 1 aromatic heterocycles. The van der Waals surface area contributed by atoms with Crippen molar-refractivity contribution in [3.8, 4) is 0 Å². The second-order valence-electron chi connectivity index (χ2n) is 7.36. The maximum atomic E-state index is 13.1. The maximum absolute atomic E-state index is 13.1. The SMILES string of the molecule is Cn1nc(CCC(=O)NC2CC2)c2c1CCN(S(=O)(=O)c1ccccc1Cl)C2. The van der Waals surface area contributed by atoms with Crippen molar-refractivity contribution in [2.24, 2.45) is 7.05 Å². The van der Waals surface area contributed by atoms with Crippen molar-refractivity contribution in [1.82, 2.24) is 19.4 Å². The smallest absolute Gasteiger partial charge is 0.244 e. The van der Waals surface area contributed by atoms with Crippen molar-refractivity contribution in [1.29, 1.82) is 0 Å². The lowest BCUT2D eigenvalue weighted by Crippen LogP contribution is -2.36. The molecule has 0 bridgehead atoms. The highest BCUT2D eigenvalue weighted by molar-refractivity contribution is 7.89. The number of carbonyl (C=O) groups excluding carboxylic acids is 1. The molecule has 2 aromatic rings. The minimum Gasteiger partial charge on any atom is -0.353 e. The van der Waals surface area contributed by atoms with Gasteiger partial charge in [-0.1, -0.05) is 23.7 Å². The van der Waals surface area contributed by atoms with Crippen LogP contribution in [0.5, 0.6) is 0 Å². The fraction of sp³-hybridized carbons (Fsp3) is 0.474. The first-order valence-electron chi connectivity index (χ1n) is 9.44. The summed E-state index contributed by atoms with van der Waals surface area (Å²) in [4.78, 5) is 12.1. The molecule has 1 aromatic carbocycles. The fourth-order valence-corrected chi connectivity index (χ4v) is 5.51. The Labute approximate surface area is 169 Å². The van der Waals surface area contributed by atoms with Crippen molar-refractivity contribution in [3.63, 3.8) is 0 Å². The van der Waals surface area contributed by atoms with Gasteiger partial charge in [0.25, 0.3) is 0 Å². The predicted molar refractivity (Wildman–Crippen MR) is 105 cm³/mol. The fourth-order valence-electron chi connectivity index (χ4n) is 3.60. The second kappa shape index (κ2) is 7.50. The van der Waals surface area contributed by atoms with Crippen LogP contribution in [0.25, 0.3) is 0 Å². The number of carbonyl (C=O) groups is 1. The summed E-state index contributed by atoms with van der Waals surface area (Å²) in [5.41, 5.74) is 2.73. The van der Waals surface area contributed by atoms with Crippen molar-refractivity contribution in [2.75, 3.05) is 6.54 Å². The van der Waals surface area contributed by atoms with E-state index in [1.165, 1.54) is 10.4 Å². The van der Waals surface area contributed by atoms with Gasteiger partial charge in [-0.05, 0) is 25.0 Å². The molecule has 0 radical (unpaired) electrons. The number of halogens is 1. The van der Waals surface area contributed by atoms with Crippen LogP contribution in [0.1, 0.15) is 36.2 Å². The van der Waals surface area contributed by atoms with E-state index in [9.17, 15) is 13.2 Å². The van der Waals surface area contributed by atoms with Crippen LogP contribution in [0.2, 0.25) is 5.02 Å². The van der Waals surface area contributed by atoms with Gasteiger partial charge in [0.2, 0.25) is 15.9 Å². The number of sulfonamides is 1. The van der Waals surface area contributed by atoms with Crippen LogP contribution in [0.4, 0.5) is 0 Å². The molecule has 2 aliphatic rings. The highest BCUT2D eigenvalue weighted by Gasteiger charge is 2.33. The van der Waals surface area contributed by atoms with Gasteiger partial charge in [-0.3, -0.25) is 9.48 Å². The van der Waals surface area contributed by atoms with Gasteiger partial charge in [0.05, 0.1) is 10.7 Å². The Bertz CT molecular complexity index is 1010. The van der Waals surface area contributed by atoms with E-state index in [0.29, 0.717) is 31.8 Å². The highest BCUT2D eigenvalue weighted by atomic mass is 35.5. The summed E-state index contributed by atoms with van der Waals surface area (Å²) >= 11 is 6.13. The molecule has 0 atom stereocenters. The highest BCUT2D eigenvalue weighted by Crippen LogP contribution is 2.30. The number of amides is 1. The Morgan fingerprint density at radius 3 is 2.79 bits per heavy atom. The third-order valence-electron chi connectivity index (χ3n) is 5.28. The molecule has 150 valence electrons. The quantitative estimate of drug-likeness (QED) is 0.771. The molecule has 4 rings (SSSR count). The van der Waals surface area contributed by atoms with Gasteiger partial charge in [-0.2, -0.15) is 9.40 Å². The van der Waals surface area contributed by atoms with E-state index in [4.69, 9.17) is 11.6 Å². The van der Waals surface area contributed by atoms with Crippen LogP contribution in [0.15, 0.2) is 29.2 Å². The molecule has 28 heavy (non-hydrogen) atoms. The van der Waals surface area contributed by atoms with E-state index < -0.39 is 10.0 Å². The van der Waals surface area contributed by atoms with Crippen LogP contribution < -0.4 is 5.32 Å². The molecule has 1 amide bonds. The van der Waals surface area contributed by atoms with Gasteiger partial charge < -0.3 is 5.32 Å². The van der Waals surface area contributed by atoms with E-state index >= 15 is 0 Å². The lowest BCUT2D eigenvalue weighted by atomic mass is 10.0. The number of aryl methyl sites for hydroxylation is 2. The third kappa shape index (κ3) is 3.81. The van der Waals surface area contributed by atoms with Crippen molar-refractivity contribution in [2.45, 2.75) is 49.6 Å². The normalized spacial score (nSPS) is 17.4. The largest absolute Gasteiger partial charge is 0.353 e. The molecule has 1 saturated carbocycles. The molecule has 0 unspecified atom stereocenters. The zero-order chi connectivity index (χ0) is 19.9. The zero-order valence-corrected chi connectivity index (χ0v) is 17.3. The van der Waals surface area contributed by atoms with Gasteiger partial charge >= 0.3 is 0 Å². The molecule has 0 saturated heterocycles. The van der Waals surface area contributed by atoms with Crippen LogP contribution in [-0.4, -0.2) is 41.0 Å². The monoisotopic (exact) mass is 422 g/mol. The number of fused-ring (bicyclic) bond motifs is 1. The molecule has 9 heteroatoms. The summed E-state index contributed by atoms with van der Waals surface area (Å²) in [5, 5.41) is 7.75. The Morgan fingerprint density at radius 2 is 2.07 bits per heavy atom. The molecule has 1 aliphatic carbocycles. The summed E-state index contributed by atoms with van der Waals surface area (Å²) < 4.78 is 29.4. The maximum Gasteiger partial charge on any atom is 0.244 e. The number of aromatic nitrogens is 2. The number of nitrogens with one attached hydrogen (secondary N) is 1. The topological polar surface area (TPSA) is 84.3 Å². The standard InChI is InChI=1S/C19H23ClN4O3S/c1-23-17-10-11-24(28(26,27)18-5-3-2-4-15(18)20)12-14(17)16(22-23)8-9-19(25)21-13-6-7-13/h2-5,13H,6-12H2,1H3,(H,21,25). The van der Waals surface area contributed by atoms with Crippen molar-refractivity contribution < 1.29 is 13.2 Å². The number of hydrogen-bond donors (Lipinski definition) is 1. The third-order valence-corrected chi connectivity index (χ3v) is 7.62. The lowest BCUT2D eigenvalue weighted by Gasteiger charge is -2.27. The predicted octanol–water partition coefficient (Wildman–Crippen LogP) is 2.03. The van der Waals surface area contributed by atoms with Crippen LogP contribution >= 0.6 is 11.6 Å². The number of hydrogen-bond acceptors (Lipinski definition) is 4. The van der Waals surface area contributed by atoms with Gasteiger partial charge in [0.15, 0.2) is 0 Å². The molecule has 1 aliphatic heterocycles. The number of rotatable bonds is 6. The van der Waals surface area contributed by atoms with Crippen LogP contribution in [-0.2, 0) is 41.3 Å².